The van der Waals surface area contributed by atoms with Crippen molar-refractivity contribution >= 4 is 17.4 Å². The summed E-state index contributed by atoms with van der Waals surface area (Å²) in [6.45, 7) is 6.17. The van der Waals surface area contributed by atoms with Gasteiger partial charge in [0.05, 0.1) is 5.37 Å². The first-order valence-corrected chi connectivity index (χ1v) is 5.26. The topological polar surface area (TPSA) is 12.0 Å². The van der Waals surface area contributed by atoms with E-state index in [1.54, 1.807) is 0 Å². The van der Waals surface area contributed by atoms with Gasteiger partial charge in [0.1, 0.15) is 0 Å². The Balaban J connectivity index is 0.000000336. The van der Waals surface area contributed by atoms with E-state index in [-0.39, 0.29) is 0 Å². The predicted molar refractivity (Wildman–Crippen MR) is 56.7 cm³/mol. The molecular weight excluding hydrogens is 166 g/mol. The lowest BCUT2D eigenvalue weighted by molar-refractivity contribution is 1.15. The van der Waals surface area contributed by atoms with Crippen LogP contribution in [0.3, 0.4) is 0 Å². The Labute approximate surface area is 78.6 Å². The molecule has 12 heavy (non-hydrogen) atoms. The number of nitrogens with one attached hydrogen (secondary N) is 1. The number of hydrogen-bond acceptors (Lipinski definition) is 2. The van der Waals surface area contributed by atoms with Crippen LogP contribution >= 0.6 is 11.8 Å². The summed E-state index contributed by atoms with van der Waals surface area (Å²) in [5.74, 6) is 0. The second-order valence-electron chi connectivity index (χ2n) is 2.40. The van der Waals surface area contributed by atoms with Crippen LogP contribution in [-0.2, 0) is 0 Å². The van der Waals surface area contributed by atoms with Gasteiger partial charge in [-0.3, -0.25) is 0 Å². The highest BCUT2D eigenvalue weighted by molar-refractivity contribution is 8.00. The summed E-state index contributed by atoms with van der Waals surface area (Å²) in [5, 5.41) is 3.90. The highest BCUT2D eigenvalue weighted by Crippen LogP contribution is 2.37. The van der Waals surface area contributed by atoms with E-state index >= 15 is 0 Å². The van der Waals surface area contributed by atoms with Gasteiger partial charge in [-0.1, -0.05) is 37.7 Å². The highest BCUT2D eigenvalue weighted by atomic mass is 32.2. The number of hydrogen-bond donors (Lipinski definition) is 1. The second kappa shape index (κ2) is 4.41. The fourth-order valence-electron chi connectivity index (χ4n) is 1.13. The molecule has 0 saturated carbocycles. The lowest BCUT2D eigenvalue weighted by atomic mass is 10.3. The van der Waals surface area contributed by atoms with Crippen molar-refractivity contribution in [3.8, 4) is 0 Å². The Kier molecular flexibility index (Phi) is 3.48. The van der Waals surface area contributed by atoms with E-state index in [4.69, 9.17) is 0 Å². The highest BCUT2D eigenvalue weighted by Gasteiger charge is 2.15. The lowest BCUT2D eigenvalue weighted by Crippen LogP contribution is -2.02. The summed E-state index contributed by atoms with van der Waals surface area (Å²) in [6.07, 6.45) is 0. The zero-order valence-corrected chi connectivity index (χ0v) is 8.61. The maximum absolute atomic E-state index is 3.36. The van der Waals surface area contributed by atoms with Gasteiger partial charge in [-0.05, 0) is 19.1 Å². The first-order valence-electron chi connectivity index (χ1n) is 4.38. The van der Waals surface area contributed by atoms with Crippen molar-refractivity contribution in [2.24, 2.45) is 0 Å². The predicted octanol–water partition coefficient (Wildman–Crippen LogP) is 3.58. The van der Waals surface area contributed by atoms with Gasteiger partial charge >= 0.3 is 0 Å². The third-order valence-electron chi connectivity index (χ3n) is 1.55. The maximum atomic E-state index is 3.36. The smallest absolute Gasteiger partial charge is 0.0741 e. The molecule has 1 atom stereocenters. The summed E-state index contributed by atoms with van der Waals surface area (Å²) in [7, 11) is 0. The van der Waals surface area contributed by atoms with Gasteiger partial charge in [0.2, 0.25) is 0 Å². The van der Waals surface area contributed by atoms with Crippen LogP contribution in [0.4, 0.5) is 5.69 Å². The van der Waals surface area contributed by atoms with Gasteiger partial charge in [-0.2, -0.15) is 0 Å². The van der Waals surface area contributed by atoms with Crippen molar-refractivity contribution in [3.63, 3.8) is 0 Å². The number of benzene rings is 1. The Hall–Kier alpha value is -0.630. The van der Waals surface area contributed by atoms with Crippen LogP contribution in [-0.4, -0.2) is 5.37 Å². The normalized spacial score (nSPS) is 18.8. The molecule has 0 bridgehead atoms. The number of thioether (sulfide) groups is 1. The van der Waals surface area contributed by atoms with Crippen LogP contribution in [0.5, 0.6) is 0 Å². The molecule has 2 rings (SSSR count). The van der Waals surface area contributed by atoms with Crippen LogP contribution in [0, 0.1) is 0 Å². The van der Waals surface area contributed by atoms with Crippen molar-refractivity contribution in [2.45, 2.75) is 31.0 Å². The van der Waals surface area contributed by atoms with Gasteiger partial charge < -0.3 is 5.32 Å². The molecule has 0 spiro atoms. The summed E-state index contributed by atoms with van der Waals surface area (Å²) in [4.78, 5) is 1.37. The van der Waals surface area contributed by atoms with Gasteiger partial charge in [-0.25, -0.2) is 0 Å². The van der Waals surface area contributed by atoms with Crippen LogP contribution in [0.1, 0.15) is 20.8 Å². The van der Waals surface area contributed by atoms with E-state index in [1.807, 2.05) is 25.6 Å². The fraction of sp³-hybridized carbons (Fsp3) is 0.400. The second-order valence-corrected chi connectivity index (χ2v) is 3.78. The molecule has 0 aliphatic carbocycles. The number of rotatable bonds is 0. The Morgan fingerprint density at radius 1 is 1.25 bits per heavy atom. The van der Waals surface area contributed by atoms with Crippen molar-refractivity contribution < 1.29 is 0 Å². The molecule has 1 aromatic rings. The summed E-state index contributed by atoms with van der Waals surface area (Å²) in [5.41, 5.74) is 1.28. The van der Waals surface area contributed by atoms with E-state index in [2.05, 4.69) is 36.5 Å². The molecule has 1 unspecified atom stereocenters. The Bertz CT molecular complexity index is 222. The van der Waals surface area contributed by atoms with E-state index in [0.717, 1.165) is 0 Å². The average molecular weight is 181 g/mol. The van der Waals surface area contributed by atoms with Crippen molar-refractivity contribution in [1.82, 2.24) is 0 Å². The summed E-state index contributed by atoms with van der Waals surface area (Å²) in [6, 6.07) is 8.40. The molecule has 1 heterocycles. The SMILES string of the molecule is CC.CC1Nc2ccccc2S1. The first kappa shape index (κ1) is 9.46. The van der Waals surface area contributed by atoms with E-state index < -0.39 is 0 Å². The van der Waals surface area contributed by atoms with Gasteiger partial charge in [0.15, 0.2) is 0 Å². The summed E-state index contributed by atoms with van der Waals surface area (Å²) < 4.78 is 0. The standard InChI is InChI=1S/C8H9NS.C2H6/c1-6-9-7-4-2-3-5-8(7)10-6;1-2/h2-6,9H,1H3;1-2H3. The molecule has 1 nitrogen and oxygen atoms in total. The molecule has 2 heteroatoms. The third kappa shape index (κ3) is 1.95. The maximum Gasteiger partial charge on any atom is 0.0741 e. The average Bonchev–Trinajstić information content (AvgIpc) is 2.48. The van der Waals surface area contributed by atoms with Gasteiger partial charge in [0.25, 0.3) is 0 Å². The molecule has 0 saturated heterocycles. The minimum absolute atomic E-state index is 0.539. The fourth-order valence-corrected chi connectivity index (χ4v) is 2.11. The molecule has 0 amide bonds. The Morgan fingerprint density at radius 3 is 2.58 bits per heavy atom. The van der Waals surface area contributed by atoms with Crippen LogP contribution in [0.15, 0.2) is 29.2 Å². The quantitative estimate of drug-likeness (QED) is 0.656. The minimum Gasteiger partial charge on any atom is -0.372 e. The van der Waals surface area contributed by atoms with Crippen molar-refractivity contribution in [3.05, 3.63) is 24.3 Å². The largest absolute Gasteiger partial charge is 0.372 e. The van der Waals surface area contributed by atoms with Crippen LogP contribution in [0.2, 0.25) is 0 Å². The van der Waals surface area contributed by atoms with Gasteiger partial charge in [-0.15, -0.1) is 0 Å². The van der Waals surface area contributed by atoms with Crippen molar-refractivity contribution in [1.29, 1.82) is 0 Å². The van der Waals surface area contributed by atoms with Crippen LogP contribution in [0.25, 0.3) is 0 Å². The van der Waals surface area contributed by atoms with E-state index in [9.17, 15) is 0 Å². The molecule has 0 radical (unpaired) electrons. The molecule has 1 aromatic carbocycles. The van der Waals surface area contributed by atoms with E-state index in [0.29, 0.717) is 5.37 Å². The molecule has 1 aliphatic rings. The molecule has 1 N–H and O–H groups in total. The van der Waals surface area contributed by atoms with Gasteiger partial charge in [0, 0.05) is 10.6 Å². The monoisotopic (exact) mass is 181 g/mol. The zero-order valence-electron chi connectivity index (χ0n) is 7.79. The van der Waals surface area contributed by atoms with E-state index in [1.165, 1.54) is 10.6 Å². The lowest BCUT2D eigenvalue weighted by Gasteiger charge is -1.98. The number of anilines is 1. The summed E-state index contributed by atoms with van der Waals surface area (Å²) >= 11 is 1.88. The molecule has 0 fully saturated rings. The number of para-hydroxylation sites is 1. The zero-order chi connectivity index (χ0) is 8.97. The molecule has 66 valence electrons. The van der Waals surface area contributed by atoms with Crippen LogP contribution < -0.4 is 5.32 Å². The molecule has 0 aromatic heterocycles. The Morgan fingerprint density at radius 2 is 1.92 bits per heavy atom. The molecular formula is C10H15NS. The molecule has 1 aliphatic heterocycles. The minimum atomic E-state index is 0.539. The first-order chi connectivity index (χ1) is 5.86. The third-order valence-corrected chi connectivity index (χ3v) is 2.63. The van der Waals surface area contributed by atoms with Crippen molar-refractivity contribution in [2.75, 3.05) is 5.32 Å². The number of fused-ring (bicyclic) bond motifs is 1.